The molecular weight excluding hydrogens is 520 g/mol. The van der Waals surface area contributed by atoms with Crippen LogP contribution in [-0.4, -0.2) is 84.5 Å². The molecule has 2 aliphatic heterocycles. The van der Waals surface area contributed by atoms with Gasteiger partial charge in [-0.05, 0) is 12.1 Å². The Hall–Kier alpha value is -5.14. The largest absolute Gasteiger partial charge is 0.467 e. The van der Waals surface area contributed by atoms with Gasteiger partial charge in [-0.3, -0.25) is 4.90 Å². The van der Waals surface area contributed by atoms with Crippen LogP contribution in [0.5, 0.6) is 0 Å². The predicted molar refractivity (Wildman–Crippen MR) is 129 cm³/mol. The van der Waals surface area contributed by atoms with E-state index in [9.17, 15) is 28.8 Å². The van der Waals surface area contributed by atoms with E-state index in [1.807, 2.05) is 0 Å². The molecule has 14 nitrogen and oxygen atoms in total. The van der Waals surface area contributed by atoms with Crippen molar-refractivity contribution in [3.8, 4) is 0 Å². The molecule has 0 bridgehead atoms. The van der Waals surface area contributed by atoms with Crippen LogP contribution in [0.25, 0.3) is 0 Å². The van der Waals surface area contributed by atoms with Crippen LogP contribution in [0.2, 0.25) is 0 Å². The van der Waals surface area contributed by atoms with Gasteiger partial charge in [0, 0.05) is 0 Å². The van der Waals surface area contributed by atoms with Gasteiger partial charge in [0.15, 0.2) is 6.04 Å². The van der Waals surface area contributed by atoms with E-state index >= 15 is 0 Å². The van der Waals surface area contributed by atoms with E-state index < -0.39 is 64.3 Å². The summed E-state index contributed by atoms with van der Waals surface area (Å²) in [5.74, 6) is -6.87. The lowest BCUT2D eigenvalue weighted by Crippen LogP contribution is -2.51. The van der Waals surface area contributed by atoms with E-state index in [1.54, 1.807) is 12.1 Å². The van der Waals surface area contributed by atoms with E-state index in [0.29, 0.717) is 0 Å². The molecule has 3 rings (SSSR count). The number of anilines is 2. The highest BCUT2D eigenvalue weighted by Gasteiger charge is 2.54. The third-order valence-corrected chi connectivity index (χ3v) is 5.80. The predicted octanol–water partition coefficient (Wildman–Crippen LogP) is 0.125. The summed E-state index contributed by atoms with van der Waals surface area (Å²) in [7, 11) is 6.18. The summed E-state index contributed by atoms with van der Waals surface area (Å²) in [5.41, 5.74) is -2.00. The van der Waals surface area contributed by atoms with Crippen LogP contribution in [0, 0.1) is 0 Å². The normalized spacial score (nSPS) is 16.2. The van der Waals surface area contributed by atoms with Crippen LogP contribution < -0.4 is 9.80 Å². The van der Waals surface area contributed by atoms with Crippen LogP contribution in [0.4, 0.5) is 11.4 Å². The molecular formula is C25H24N2O12. The van der Waals surface area contributed by atoms with Gasteiger partial charge in [0.1, 0.15) is 17.1 Å². The molecule has 0 saturated carbocycles. The third kappa shape index (κ3) is 4.67. The van der Waals surface area contributed by atoms with E-state index in [1.165, 1.54) is 17.0 Å². The van der Waals surface area contributed by atoms with Crippen LogP contribution in [0.15, 0.2) is 58.6 Å². The number of benzene rings is 1. The maximum Gasteiger partial charge on any atom is 0.355 e. The van der Waals surface area contributed by atoms with Gasteiger partial charge >= 0.3 is 35.8 Å². The van der Waals surface area contributed by atoms with Gasteiger partial charge in [-0.1, -0.05) is 12.1 Å². The summed E-state index contributed by atoms with van der Waals surface area (Å²) in [4.78, 5) is 80.3. The molecule has 206 valence electrons. The summed E-state index contributed by atoms with van der Waals surface area (Å²) >= 11 is 0. The highest BCUT2D eigenvalue weighted by atomic mass is 16.5. The second-order valence-corrected chi connectivity index (χ2v) is 7.63. The number of fused-ring (bicyclic) bond motifs is 3. The highest BCUT2D eigenvalue weighted by molar-refractivity contribution is 6.19. The van der Waals surface area contributed by atoms with Crippen LogP contribution >= 0.6 is 0 Å². The molecule has 0 radical (unpaired) electrons. The Bertz CT molecular complexity index is 1360. The minimum absolute atomic E-state index is 0.152. The van der Waals surface area contributed by atoms with E-state index in [0.717, 1.165) is 53.6 Å². The molecule has 2 heterocycles. The first kappa shape index (κ1) is 28.4. The Balaban J connectivity index is 2.64. The van der Waals surface area contributed by atoms with Crippen molar-refractivity contribution in [1.29, 1.82) is 0 Å². The van der Waals surface area contributed by atoms with Gasteiger partial charge in [0.25, 0.3) is 0 Å². The molecule has 0 aliphatic carbocycles. The number of ether oxygens (including phenoxy) is 6. The maximum atomic E-state index is 13.3. The van der Waals surface area contributed by atoms with Gasteiger partial charge in [0.05, 0.1) is 71.3 Å². The Morgan fingerprint density at radius 3 is 1.77 bits per heavy atom. The Morgan fingerprint density at radius 2 is 1.26 bits per heavy atom. The molecule has 0 N–H and O–H groups in total. The smallest absolute Gasteiger partial charge is 0.355 e. The Kier molecular flexibility index (Phi) is 8.38. The molecule has 1 aromatic carbocycles. The van der Waals surface area contributed by atoms with Crippen LogP contribution in [0.3, 0.4) is 0 Å². The lowest BCUT2D eigenvalue weighted by atomic mass is 9.89. The number of methoxy groups -OCH3 is 6. The average Bonchev–Trinajstić information content (AvgIpc) is 3.30. The number of nitrogens with zero attached hydrogens (tertiary/aromatic N) is 2. The van der Waals surface area contributed by atoms with Gasteiger partial charge in [0.2, 0.25) is 0 Å². The van der Waals surface area contributed by atoms with Crippen molar-refractivity contribution in [2.75, 3.05) is 52.5 Å². The number of rotatable bonds is 7. The fourth-order valence-electron chi connectivity index (χ4n) is 4.20. The molecule has 14 heteroatoms. The van der Waals surface area contributed by atoms with Gasteiger partial charge in [-0.15, -0.1) is 0 Å². The van der Waals surface area contributed by atoms with Crippen molar-refractivity contribution in [3.63, 3.8) is 0 Å². The van der Waals surface area contributed by atoms with Crippen molar-refractivity contribution in [2.24, 2.45) is 0 Å². The van der Waals surface area contributed by atoms with Crippen molar-refractivity contribution in [1.82, 2.24) is 0 Å². The molecule has 2 aliphatic rings. The van der Waals surface area contributed by atoms with Crippen molar-refractivity contribution >= 4 is 47.2 Å². The first-order valence-corrected chi connectivity index (χ1v) is 11.0. The lowest BCUT2D eigenvalue weighted by molar-refractivity contribution is -0.145. The second-order valence-electron chi connectivity index (χ2n) is 7.63. The SMILES string of the molecule is COC(=O)/C=C(\C(=O)OC)N1C2=C(C(=O)OC)C(C(=O)OC)=C(C(=O)OC)C(C(=O)OC)N2c2ccccc21. The van der Waals surface area contributed by atoms with E-state index in [2.05, 4.69) is 4.74 Å². The van der Waals surface area contributed by atoms with E-state index in [4.69, 9.17) is 23.7 Å². The third-order valence-electron chi connectivity index (χ3n) is 5.80. The number of hydrogen-bond donors (Lipinski definition) is 0. The lowest BCUT2D eigenvalue weighted by Gasteiger charge is -2.37. The second kappa shape index (κ2) is 11.5. The van der Waals surface area contributed by atoms with Crippen LogP contribution in [-0.2, 0) is 57.2 Å². The molecule has 0 saturated heterocycles. The summed E-state index contributed by atoms with van der Waals surface area (Å²) in [5, 5.41) is 0. The number of hydrogen-bond acceptors (Lipinski definition) is 14. The summed E-state index contributed by atoms with van der Waals surface area (Å²) < 4.78 is 29.2. The molecule has 1 aromatic rings. The number of para-hydroxylation sites is 2. The molecule has 1 unspecified atom stereocenters. The fraction of sp³-hybridized carbons (Fsp3) is 0.280. The summed E-state index contributed by atoms with van der Waals surface area (Å²) in [6, 6.07) is 4.42. The zero-order valence-electron chi connectivity index (χ0n) is 21.8. The molecule has 39 heavy (non-hydrogen) atoms. The number of carbonyl (C=O) groups excluding carboxylic acids is 6. The quantitative estimate of drug-likeness (QED) is 0.258. The topological polar surface area (TPSA) is 164 Å². The minimum atomic E-state index is -1.72. The zero-order chi connectivity index (χ0) is 29.0. The molecule has 0 spiro atoms. The Morgan fingerprint density at radius 1 is 0.692 bits per heavy atom. The summed E-state index contributed by atoms with van der Waals surface area (Å²) in [6.07, 6.45) is 0.790. The summed E-state index contributed by atoms with van der Waals surface area (Å²) in [6.45, 7) is 0. The molecule has 1 atom stereocenters. The first-order chi connectivity index (χ1) is 18.6. The van der Waals surface area contributed by atoms with Gasteiger partial charge < -0.3 is 33.3 Å². The first-order valence-electron chi connectivity index (χ1n) is 11.0. The molecule has 0 fully saturated rings. The zero-order valence-corrected chi connectivity index (χ0v) is 21.8. The van der Waals surface area contributed by atoms with E-state index in [-0.39, 0.29) is 17.2 Å². The van der Waals surface area contributed by atoms with Crippen molar-refractivity contribution in [3.05, 3.63) is 58.6 Å². The molecule has 0 aromatic heterocycles. The van der Waals surface area contributed by atoms with Crippen molar-refractivity contribution in [2.45, 2.75) is 6.04 Å². The maximum absolute atomic E-state index is 13.3. The van der Waals surface area contributed by atoms with Crippen molar-refractivity contribution < 1.29 is 57.2 Å². The fourth-order valence-corrected chi connectivity index (χ4v) is 4.20. The van der Waals surface area contributed by atoms with Gasteiger partial charge in [-0.25, -0.2) is 28.8 Å². The highest BCUT2D eigenvalue weighted by Crippen LogP contribution is 2.51. The standard InChI is InChI=1S/C25H24N2O12/c1-34-15(28)11-14(21(29)35-2)26-12-9-7-8-10-13(12)27-19(25(33)39-6)17(23(31)37-4)16(22(30)36-3)18(20(26)27)24(32)38-5/h7-11,19H,1-6H3/b14-11+. The Labute approximate surface area is 221 Å². The van der Waals surface area contributed by atoms with Crippen LogP contribution in [0.1, 0.15) is 0 Å². The van der Waals surface area contributed by atoms with Gasteiger partial charge in [-0.2, -0.15) is 0 Å². The molecule has 0 amide bonds. The number of esters is 6. The minimum Gasteiger partial charge on any atom is -0.467 e. The average molecular weight is 544 g/mol. The number of carbonyl (C=O) groups is 6. The monoisotopic (exact) mass is 544 g/mol.